The van der Waals surface area contributed by atoms with Crippen LogP contribution in [0.25, 0.3) is 11.6 Å². The maximum Gasteiger partial charge on any atom is 0.416 e. The lowest BCUT2D eigenvalue weighted by molar-refractivity contribution is -0.137. The molecule has 32 heavy (non-hydrogen) atoms. The van der Waals surface area contributed by atoms with E-state index in [1.807, 2.05) is 0 Å². The number of rotatable bonds is 7. The molecule has 3 N–H and O–H groups in total. The van der Waals surface area contributed by atoms with Crippen molar-refractivity contribution in [1.29, 1.82) is 0 Å². The molecule has 2 aromatic rings. The number of aromatic nitrogens is 1. The number of benzene rings is 1. The number of fused-ring (bicyclic) bond motifs is 1. The SMILES string of the molecule is CCN(CC)CCNC(=O)c1c(C)[nH]c(/C=C2\C(=O)Nc3ccc(C(F)(F)F)cc32)c1C. The summed E-state index contributed by atoms with van der Waals surface area (Å²) in [5.41, 5.74) is 2.02. The van der Waals surface area contributed by atoms with Crippen molar-refractivity contribution in [2.75, 3.05) is 31.5 Å². The van der Waals surface area contributed by atoms with Gasteiger partial charge in [-0.1, -0.05) is 13.8 Å². The fraction of sp³-hybridized carbons (Fsp3) is 0.391. The van der Waals surface area contributed by atoms with Gasteiger partial charge in [-0.2, -0.15) is 13.2 Å². The molecule has 0 aliphatic carbocycles. The Morgan fingerprint density at radius 3 is 2.50 bits per heavy atom. The van der Waals surface area contributed by atoms with E-state index in [9.17, 15) is 22.8 Å². The van der Waals surface area contributed by atoms with E-state index in [-0.39, 0.29) is 17.0 Å². The summed E-state index contributed by atoms with van der Waals surface area (Å²) in [4.78, 5) is 30.5. The van der Waals surface area contributed by atoms with E-state index in [2.05, 4.69) is 34.4 Å². The third-order valence-corrected chi connectivity index (χ3v) is 5.73. The molecule has 6 nitrogen and oxygen atoms in total. The Kier molecular flexibility index (Phi) is 6.78. The Bertz CT molecular complexity index is 1070. The third-order valence-electron chi connectivity index (χ3n) is 5.73. The first kappa shape index (κ1) is 23.6. The number of carbonyl (C=O) groups is 2. The highest BCUT2D eigenvalue weighted by Gasteiger charge is 2.34. The molecule has 0 bridgehead atoms. The van der Waals surface area contributed by atoms with E-state index < -0.39 is 17.6 Å². The summed E-state index contributed by atoms with van der Waals surface area (Å²) in [6.07, 6.45) is -3.02. The molecule has 9 heteroatoms. The largest absolute Gasteiger partial charge is 0.416 e. The lowest BCUT2D eigenvalue weighted by Crippen LogP contribution is -2.35. The van der Waals surface area contributed by atoms with Gasteiger partial charge in [0, 0.05) is 35.7 Å². The molecule has 172 valence electrons. The number of nitrogens with zero attached hydrogens (tertiary/aromatic N) is 1. The Morgan fingerprint density at radius 1 is 1.19 bits per heavy atom. The Morgan fingerprint density at radius 2 is 1.88 bits per heavy atom. The number of anilines is 1. The minimum absolute atomic E-state index is 0.115. The van der Waals surface area contributed by atoms with Crippen LogP contribution < -0.4 is 10.6 Å². The van der Waals surface area contributed by atoms with Gasteiger partial charge in [0.25, 0.3) is 11.8 Å². The molecule has 2 amide bonds. The van der Waals surface area contributed by atoms with Gasteiger partial charge in [0.2, 0.25) is 0 Å². The standard InChI is InChI=1S/C23H27F3N4O2/c1-5-30(6-2)10-9-27-22(32)20-13(3)19(28-14(20)4)12-17-16-11-15(23(24,25)26)7-8-18(16)29-21(17)31/h7-8,11-12,28H,5-6,9-10H2,1-4H3,(H,27,32)(H,29,31)/b17-12-. The van der Waals surface area contributed by atoms with Gasteiger partial charge in [0.1, 0.15) is 0 Å². The van der Waals surface area contributed by atoms with Crippen molar-refractivity contribution in [2.45, 2.75) is 33.9 Å². The zero-order chi connectivity index (χ0) is 23.6. The second-order valence-electron chi connectivity index (χ2n) is 7.72. The van der Waals surface area contributed by atoms with Gasteiger partial charge >= 0.3 is 6.18 Å². The van der Waals surface area contributed by atoms with E-state index >= 15 is 0 Å². The summed E-state index contributed by atoms with van der Waals surface area (Å²) >= 11 is 0. The molecule has 0 atom stereocenters. The van der Waals surface area contributed by atoms with E-state index in [0.29, 0.717) is 34.7 Å². The quantitative estimate of drug-likeness (QED) is 0.556. The number of aromatic amines is 1. The molecular weight excluding hydrogens is 421 g/mol. The molecule has 1 aliphatic rings. The van der Waals surface area contributed by atoms with Crippen LogP contribution in [0.15, 0.2) is 18.2 Å². The van der Waals surface area contributed by atoms with E-state index in [0.717, 1.165) is 31.8 Å². The summed E-state index contributed by atoms with van der Waals surface area (Å²) in [7, 11) is 0. The molecule has 0 unspecified atom stereocenters. The number of hydrogen-bond acceptors (Lipinski definition) is 3. The van der Waals surface area contributed by atoms with Crippen LogP contribution >= 0.6 is 0 Å². The Hall–Kier alpha value is -3.07. The zero-order valence-electron chi connectivity index (χ0n) is 18.5. The average Bonchev–Trinajstić information content (AvgIpc) is 3.19. The topological polar surface area (TPSA) is 77.2 Å². The van der Waals surface area contributed by atoms with Crippen LogP contribution in [-0.4, -0.2) is 47.9 Å². The second-order valence-corrected chi connectivity index (χ2v) is 7.72. The van der Waals surface area contributed by atoms with E-state index in [1.54, 1.807) is 13.8 Å². The predicted molar refractivity (Wildman–Crippen MR) is 118 cm³/mol. The Labute approximate surface area is 184 Å². The molecule has 1 aliphatic heterocycles. The second kappa shape index (κ2) is 9.20. The van der Waals surface area contributed by atoms with Crippen LogP contribution in [0.2, 0.25) is 0 Å². The van der Waals surface area contributed by atoms with Crippen LogP contribution in [0.5, 0.6) is 0 Å². The first-order valence-electron chi connectivity index (χ1n) is 10.5. The van der Waals surface area contributed by atoms with Crippen molar-refractivity contribution in [2.24, 2.45) is 0 Å². The number of halogens is 3. The molecule has 0 fully saturated rings. The predicted octanol–water partition coefficient (Wildman–Crippen LogP) is 4.21. The van der Waals surface area contributed by atoms with Crippen LogP contribution in [0.3, 0.4) is 0 Å². The zero-order valence-corrected chi connectivity index (χ0v) is 18.5. The van der Waals surface area contributed by atoms with E-state index in [4.69, 9.17) is 0 Å². The van der Waals surface area contributed by atoms with Gasteiger partial charge in [0.05, 0.1) is 16.7 Å². The lowest BCUT2D eigenvalue weighted by Gasteiger charge is -2.18. The molecule has 3 rings (SSSR count). The van der Waals surface area contributed by atoms with Gasteiger partial charge in [-0.15, -0.1) is 0 Å². The van der Waals surface area contributed by atoms with Gasteiger partial charge in [0.15, 0.2) is 0 Å². The molecular formula is C23H27F3N4O2. The van der Waals surface area contributed by atoms with Gasteiger partial charge in [-0.3, -0.25) is 9.59 Å². The molecule has 0 saturated heterocycles. The van der Waals surface area contributed by atoms with Crippen LogP contribution in [0, 0.1) is 13.8 Å². The van der Waals surface area contributed by atoms with Crippen molar-refractivity contribution < 1.29 is 22.8 Å². The molecule has 0 saturated carbocycles. The maximum absolute atomic E-state index is 13.1. The number of alkyl halides is 3. The average molecular weight is 448 g/mol. The molecule has 0 radical (unpaired) electrons. The number of nitrogens with one attached hydrogen (secondary N) is 3. The smallest absolute Gasteiger partial charge is 0.358 e. The van der Waals surface area contributed by atoms with Crippen LogP contribution in [0.4, 0.5) is 18.9 Å². The third kappa shape index (κ3) is 4.72. The number of amides is 2. The fourth-order valence-corrected chi connectivity index (χ4v) is 3.87. The van der Waals surface area contributed by atoms with E-state index in [1.165, 1.54) is 12.1 Å². The molecule has 1 aromatic heterocycles. The fourth-order valence-electron chi connectivity index (χ4n) is 3.87. The number of likely N-dealkylation sites (N-methyl/N-ethyl adjacent to an activating group) is 1. The highest BCUT2D eigenvalue weighted by molar-refractivity contribution is 6.35. The summed E-state index contributed by atoms with van der Waals surface area (Å²) in [6, 6.07) is 3.15. The van der Waals surface area contributed by atoms with Crippen molar-refractivity contribution in [3.63, 3.8) is 0 Å². The minimum Gasteiger partial charge on any atom is -0.358 e. The van der Waals surface area contributed by atoms with Crippen molar-refractivity contribution in [3.05, 3.63) is 51.8 Å². The first-order chi connectivity index (χ1) is 15.1. The summed E-state index contributed by atoms with van der Waals surface area (Å²) < 4.78 is 39.4. The molecule has 2 heterocycles. The van der Waals surface area contributed by atoms with Crippen LogP contribution in [-0.2, 0) is 11.0 Å². The summed E-state index contributed by atoms with van der Waals surface area (Å²) in [6.45, 7) is 10.6. The monoisotopic (exact) mass is 448 g/mol. The number of aryl methyl sites for hydroxylation is 1. The number of carbonyl (C=O) groups excluding carboxylic acids is 2. The number of H-pyrrole nitrogens is 1. The summed E-state index contributed by atoms with van der Waals surface area (Å²) in [5, 5.41) is 5.50. The maximum atomic E-state index is 13.1. The normalized spacial score (nSPS) is 14.8. The lowest BCUT2D eigenvalue weighted by atomic mass is 10.0. The highest BCUT2D eigenvalue weighted by atomic mass is 19.4. The minimum atomic E-state index is -4.51. The number of hydrogen-bond donors (Lipinski definition) is 3. The van der Waals surface area contributed by atoms with Crippen LogP contribution in [0.1, 0.15) is 52.3 Å². The van der Waals surface area contributed by atoms with Crippen molar-refractivity contribution in [1.82, 2.24) is 15.2 Å². The highest BCUT2D eigenvalue weighted by Crippen LogP contribution is 2.38. The van der Waals surface area contributed by atoms with Gasteiger partial charge in [-0.05, 0) is 56.8 Å². The Balaban J connectivity index is 1.88. The van der Waals surface area contributed by atoms with Crippen molar-refractivity contribution >= 4 is 29.2 Å². The summed E-state index contributed by atoms with van der Waals surface area (Å²) in [5.74, 6) is -0.722. The van der Waals surface area contributed by atoms with Crippen molar-refractivity contribution in [3.8, 4) is 0 Å². The van der Waals surface area contributed by atoms with Gasteiger partial charge in [-0.25, -0.2) is 0 Å². The van der Waals surface area contributed by atoms with Gasteiger partial charge < -0.3 is 20.5 Å². The molecule has 1 aromatic carbocycles. The first-order valence-corrected chi connectivity index (χ1v) is 10.5. The molecule has 0 spiro atoms.